The van der Waals surface area contributed by atoms with Crippen LogP contribution in [0.25, 0.3) is 11.6 Å². The van der Waals surface area contributed by atoms with Crippen LogP contribution < -0.4 is 16.1 Å². The summed E-state index contributed by atoms with van der Waals surface area (Å²) in [5, 5.41) is 5.59. The first-order valence-corrected chi connectivity index (χ1v) is 13.9. The summed E-state index contributed by atoms with van der Waals surface area (Å²) in [5.74, 6) is -2.20. The second kappa shape index (κ2) is 16.9. The van der Waals surface area contributed by atoms with Gasteiger partial charge in [-0.2, -0.15) is 5.48 Å². The van der Waals surface area contributed by atoms with Crippen molar-refractivity contribution in [2.24, 2.45) is 5.92 Å². The molecule has 0 spiro atoms. The van der Waals surface area contributed by atoms with Gasteiger partial charge in [0.25, 0.3) is 17.7 Å². The number of aromatic amines is 1. The highest BCUT2D eigenvalue weighted by atomic mass is 19.1. The molecule has 0 saturated heterocycles. The van der Waals surface area contributed by atoms with Crippen LogP contribution in [-0.4, -0.2) is 35.2 Å². The fourth-order valence-corrected chi connectivity index (χ4v) is 3.86. The number of aromatic nitrogens is 1. The molecule has 9 nitrogen and oxygen atoms in total. The van der Waals surface area contributed by atoms with Crippen LogP contribution in [0.1, 0.15) is 100 Å². The normalized spacial score (nSPS) is 12.4. The third-order valence-corrected chi connectivity index (χ3v) is 5.86. The number of amides is 3. The molecule has 2 heterocycles. The largest absolute Gasteiger partial charge is 0.358 e. The number of hydrogen-bond donors (Lipinski definition) is 4. The lowest BCUT2D eigenvalue weighted by Gasteiger charge is -2.08. The molecule has 0 bridgehead atoms. The number of hydrogen-bond acceptors (Lipinski definition) is 5. The molecule has 2 aromatic rings. The van der Waals surface area contributed by atoms with Crippen molar-refractivity contribution < 1.29 is 28.4 Å². The Kier molecular flexibility index (Phi) is 14.4. The maximum absolute atomic E-state index is 13.7. The third kappa shape index (κ3) is 9.36. The fraction of sp³-hybridized carbons (Fsp3) is 0.467. The van der Waals surface area contributed by atoms with Crippen LogP contribution in [0.2, 0.25) is 0 Å². The molecule has 1 aliphatic rings. The highest BCUT2D eigenvalue weighted by Crippen LogP contribution is 2.34. The molecule has 10 heteroatoms. The highest BCUT2D eigenvalue weighted by Gasteiger charge is 2.26. The third-order valence-electron chi connectivity index (χ3n) is 5.86. The molecule has 1 aromatic heterocycles. The number of carbonyl (C=O) groups is 4. The molecule has 0 aliphatic carbocycles. The summed E-state index contributed by atoms with van der Waals surface area (Å²) in [6, 6.07) is 4.11. The SMILES string of the molecule is CC.CC.Cc1[nH]c(/C=C2\C(=O)Nc3ccc(F)cc32)c(C)c1C(=O)NCCCCCC(=O)NOC(=O)C(C)C. The number of carbonyl (C=O) groups excluding carboxylic acids is 4. The smallest absolute Gasteiger partial charge is 0.334 e. The molecule has 1 aromatic carbocycles. The number of fused-ring (bicyclic) bond motifs is 1. The Morgan fingerprint density at radius 1 is 1.05 bits per heavy atom. The van der Waals surface area contributed by atoms with E-state index in [-0.39, 0.29) is 30.1 Å². The molecule has 0 unspecified atom stereocenters. The van der Waals surface area contributed by atoms with Crippen molar-refractivity contribution in [1.82, 2.24) is 15.8 Å². The lowest BCUT2D eigenvalue weighted by molar-refractivity contribution is -0.161. The van der Waals surface area contributed by atoms with Crippen LogP contribution in [0.4, 0.5) is 10.1 Å². The Hall–Kier alpha value is -3.95. The van der Waals surface area contributed by atoms with Crippen molar-refractivity contribution >= 4 is 41.0 Å². The number of rotatable bonds is 9. The standard InChI is InChI=1S/C26H31FN4O5.2C2H6/c1-14(2)26(35)36-31-22(32)8-6-5-7-11-28-25(34)23-15(3)21(29-16(23)4)13-19-18-12-17(27)9-10-20(18)30-24(19)33;2*1-2/h9-10,12-14,29H,5-8,11H2,1-4H3,(H,28,34)(H,30,33)(H,31,32);2*1-2H3/b19-13-;;. The molecular formula is C30H43FN4O5. The van der Waals surface area contributed by atoms with Gasteiger partial charge < -0.3 is 20.5 Å². The minimum absolute atomic E-state index is 0.216. The molecule has 220 valence electrons. The first kappa shape index (κ1) is 34.1. The van der Waals surface area contributed by atoms with E-state index in [9.17, 15) is 23.6 Å². The van der Waals surface area contributed by atoms with Gasteiger partial charge in [0.1, 0.15) is 5.82 Å². The quantitative estimate of drug-likeness (QED) is 0.175. The van der Waals surface area contributed by atoms with Crippen LogP contribution in [0.15, 0.2) is 18.2 Å². The molecule has 1 aliphatic heterocycles. The van der Waals surface area contributed by atoms with Crippen molar-refractivity contribution in [3.8, 4) is 0 Å². The summed E-state index contributed by atoms with van der Waals surface area (Å²) in [5.41, 5.74) is 5.91. The number of anilines is 1. The summed E-state index contributed by atoms with van der Waals surface area (Å²) in [4.78, 5) is 56.1. The molecular weight excluding hydrogens is 515 g/mol. The van der Waals surface area contributed by atoms with Gasteiger partial charge in [0.15, 0.2) is 0 Å². The van der Waals surface area contributed by atoms with Gasteiger partial charge in [-0.1, -0.05) is 48.0 Å². The van der Waals surface area contributed by atoms with E-state index in [2.05, 4.69) is 25.9 Å². The van der Waals surface area contributed by atoms with E-state index in [4.69, 9.17) is 0 Å². The van der Waals surface area contributed by atoms with Gasteiger partial charge in [-0.25, -0.2) is 9.18 Å². The van der Waals surface area contributed by atoms with Crippen molar-refractivity contribution in [3.63, 3.8) is 0 Å². The summed E-state index contributed by atoms with van der Waals surface area (Å²) in [7, 11) is 0. The van der Waals surface area contributed by atoms with E-state index >= 15 is 0 Å². The molecule has 4 N–H and O–H groups in total. The van der Waals surface area contributed by atoms with E-state index in [0.29, 0.717) is 65.1 Å². The summed E-state index contributed by atoms with van der Waals surface area (Å²) >= 11 is 0. The zero-order valence-electron chi connectivity index (χ0n) is 24.8. The number of H-pyrrole nitrogens is 1. The first-order chi connectivity index (χ1) is 19.1. The molecule has 40 heavy (non-hydrogen) atoms. The van der Waals surface area contributed by atoms with Crippen LogP contribution in [0.5, 0.6) is 0 Å². The van der Waals surface area contributed by atoms with Gasteiger partial charge in [0, 0.05) is 35.6 Å². The van der Waals surface area contributed by atoms with Gasteiger partial charge in [-0.05, 0) is 56.5 Å². The van der Waals surface area contributed by atoms with E-state index in [1.807, 2.05) is 27.7 Å². The van der Waals surface area contributed by atoms with Crippen LogP contribution in [0.3, 0.4) is 0 Å². The lowest BCUT2D eigenvalue weighted by Crippen LogP contribution is -2.29. The highest BCUT2D eigenvalue weighted by molar-refractivity contribution is 6.34. The monoisotopic (exact) mass is 558 g/mol. The van der Waals surface area contributed by atoms with Crippen molar-refractivity contribution in [3.05, 3.63) is 52.1 Å². The summed E-state index contributed by atoms with van der Waals surface area (Å²) in [6.45, 7) is 15.3. The number of hydroxylamine groups is 1. The molecule has 3 rings (SSSR count). The Bertz CT molecular complexity index is 1220. The van der Waals surface area contributed by atoms with Gasteiger partial charge in [-0.15, -0.1) is 0 Å². The number of aryl methyl sites for hydroxylation is 1. The Labute approximate surface area is 236 Å². The Morgan fingerprint density at radius 3 is 2.38 bits per heavy atom. The lowest BCUT2D eigenvalue weighted by atomic mass is 10.0. The van der Waals surface area contributed by atoms with Gasteiger partial charge in [0.2, 0.25) is 0 Å². The molecule has 0 fully saturated rings. The van der Waals surface area contributed by atoms with Crippen molar-refractivity contribution in [2.75, 3.05) is 11.9 Å². The summed E-state index contributed by atoms with van der Waals surface area (Å²) in [6.07, 6.45) is 3.81. The zero-order chi connectivity index (χ0) is 30.4. The number of nitrogens with one attached hydrogen (secondary N) is 4. The predicted octanol–water partition coefficient (Wildman–Crippen LogP) is 5.84. The van der Waals surface area contributed by atoms with Crippen LogP contribution >= 0.6 is 0 Å². The van der Waals surface area contributed by atoms with E-state index in [1.165, 1.54) is 18.2 Å². The maximum atomic E-state index is 13.7. The fourth-order valence-electron chi connectivity index (χ4n) is 3.86. The van der Waals surface area contributed by atoms with Crippen molar-refractivity contribution in [2.45, 2.75) is 81.1 Å². The predicted molar refractivity (Wildman–Crippen MR) is 156 cm³/mol. The molecule has 3 amide bonds. The van der Waals surface area contributed by atoms with Crippen LogP contribution in [0, 0.1) is 25.6 Å². The van der Waals surface area contributed by atoms with E-state index < -0.39 is 11.8 Å². The van der Waals surface area contributed by atoms with Gasteiger partial charge in [0.05, 0.1) is 17.1 Å². The molecule has 0 saturated carbocycles. The minimum atomic E-state index is -0.494. The first-order valence-electron chi connectivity index (χ1n) is 13.9. The second-order valence-electron chi connectivity index (χ2n) is 9.03. The number of unbranched alkanes of at least 4 members (excludes halogenated alkanes) is 2. The summed E-state index contributed by atoms with van der Waals surface area (Å²) < 4.78 is 13.7. The Balaban J connectivity index is 0.00000191. The minimum Gasteiger partial charge on any atom is -0.358 e. The topological polar surface area (TPSA) is 129 Å². The second-order valence-corrected chi connectivity index (χ2v) is 9.03. The maximum Gasteiger partial charge on any atom is 0.334 e. The number of benzene rings is 1. The van der Waals surface area contributed by atoms with E-state index in [1.54, 1.807) is 33.8 Å². The average molecular weight is 559 g/mol. The van der Waals surface area contributed by atoms with Crippen molar-refractivity contribution in [1.29, 1.82) is 0 Å². The molecule has 0 radical (unpaired) electrons. The Morgan fingerprint density at radius 2 is 1.73 bits per heavy atom. The van der Waals surface area contributed by atoms with E-state index in [0.717, 1.165) is 0 Å². The van der Waals surface area contributed by atoms with Gasteiger partial charge in [-0.3, -0.25) is 14.4 Å². The number of halogens is 1. The zero-order valence-corrected chi connectivity index (χ0v) is 24.8. The average Bonchev–Trinajstić information content (AvgIpc) is 3.40. The van der Waals surface area contributed by atoms with Gasteiger partial charge >= 0.3 is 5.97 Å². The molecule has 0 atom stereocenters. The van der Waals surface area contributed by atoms with Crippen LogP contribution in [-0.2, 0) is 19.2 Å².